The summed E-state index contributed by atoms with van der Waals surface area (Å²) in [6.45, 7) is 1.69. The summed E-state index contributed by atoms with van der Waals surface area (Å²) in [4.78, 5) is 15.7. The second kappa shape index (κ2) is 5.71. The van der Waals surface area contributed by atoms with E-state index in [1.54, 1.807) is 25.1 Å². The number of hydrogen-bond acceptors (Lipinski definition) is 5. The summed E-state index contributed by atoms with van der Waals surface area (Å²) in [5.41, 5.74) is 0.576. The van der Waals surface area contributed by atoms with Crippen LogP contribution < -0.4 is 10.1 Å². The molecular weight excluding hydrogens is 270 g/mol. The van der Waals surface area contributed by atoms with Crippen molar-refractivity contribution in [1.29, 1.82) is 0 Å². The Morgan fingerprint density at radius 2 is 2.32 bits per heavy atom. The molecule has 6 nitrogen and oxygen atoms in total. The maximum absolute atomic E-state index is 11.7. The van der Waals surface area contributed by atoms with Crippen molar-refractivity contribution in [3.8, 4) is 5.75 Å². The van der Waals surface area contributed by atoms with Gasteiger partial charge in [0.15, 0.2) is 5.82 Å². The van der Waals surface area contributed by atoms with Crippen LogP contribution in [0.1, 0.15) is 11.7 Å². The fraction of sp³-hybridized carbons (Fsp3) is 0.250. The lowest BCUT2D eigenvalue weighted by Crippen LogP contribution is -2.14. The van der Waals surface area contributed by atoms with Gasteiger partial charge in [0.2, 0.25) is 11.8 Å². The Morgan fingerprint density at radius 3 is 2.89 bits per heavy atom. The van der Waals surface area contributed by atoms with Gasteiger partial charge in [0, 0.05) is 5.69 Å². The molecular formula is C12H12ClN3O3. The number of carbonyl (C=O) groups is 1. The van der Waals surface area contributed by atoms with Crippen LogP contribution in [0, 0.1) is 6.92 Å². The highest BCUT2D eigenvalue weighted by Gasteiger charge is 2.10. The average molecular weight is 282 g/mol. The molecule has 100 valence electrons. The first-order chi connectivity index (χ1) is 9.08. The molecule has 0 spiro atoms. The molecule has 1 aromatic heterocycles. The number of rotatable bonds is 4. The molecule has 0 bridgehead atoms. The molecule has 0 fully saturated rings. The lowest BCUT2D eigenvalue weighted by Gasteiger charge is -2.07. The number of carbonyl (C=O) groups excluding carboxylic acids is 1. The second-order valence-corrected chi connectivity index (χ2v) is 4.22. The summed E-state index contributed by atoms with van der Waals surface area (Å²) in [6.07, 6.45) is 0.0183. The van der Waals surface area contributed by atoms with Crippen LogP contribution in [0.5, 0.6) is 5.75 Å². The zero-order valence-electron chi connectivity index (χ0n) is 10.4. The van der Waals surface area contributed by atoms with E-state index in [0.29, 0.717) is 22.3 Å². The number of benzene rings is 1. The molecule has 19 heavy (non-hydrogen) atoms. The van der Waals surface area contributed by atoms with Gasteiger partial charge >= 0.3 is 0 Å². The Bertz CT molecular complexity index is 598. The molecule has 0 unspecified atom stereocenters. The van der Waals surface area contributed by atoms with Gasteiger partial charge in [0.05, 0.1) is 12.1 Å². The Labute approximate surface area is 114 Å². The van der Waals surface area contributed by atoms with Gasteiger partial charge in [-0.25, -0.2) is 0 Å². The standard InChI is InChI=1S/C12H12ClN3O3/c1-7-14-12(19-16-7)6-11(17)15-8-3-4-10(18-2)9(13)5-8/h3-5H,6H2,1-2H3,(H,15,17). The first-order valence-electron chi connectivity index (χ1n) is 5.51. The number of nitrogens with one attached hydrogen (secondary N) is 1. The fourth-order valence-electron chi connectivity index (χ4n) is 1.50. The van der Waals surface area contributed by atoms with E-state index in [1.165, 1.54) is 7.11 Å². The van der Waals surface area contributed by atoms with Gasteiger partial charge in [-0.3, -0.25) is 4.79 Å². The molecule has 1 heterocycles. The lowest BCUT2D eigenvalue weighted by atomic mass is 10.3. The maximum Gasteiger partial charge on any atom is 0.236 e. The lowest BCUT2D eigenvalue weighted by molar-refractivity contribution is -0.115. The van der Waals surface area contributed by atoms with Crippen molar-refractivity contribution < 1.29 is 14.1 Å². The fourth-order valence-corrected chi connectivity index (χ4v) is 1.76. The first-order valence-corrected chi connectivity index (χ1v) is 5.89. The quantitative estimate of drug-likeness (QED) is 0.930. The molecule has 0 aliphatic carbocycles. The second-order valence-electron chi connectivity index (χ2n) is 3.81. The smallest absolute Gasteiger partial charge is 0.236 e. The largest absolute Gasteiger partial charge is 0.495 e. The van der Waals surface area contributed by atoms with Crippen molar-refractivity contribution in [2.45, 2.75) is 13.3 Å². The molecule has 2 aromatic rings. The summed E-state index contributed by atoms with van der Waals surface area (Å²) >= 11 is 5.96. The Hall–Kier alpha value is -2.08. The van der Waals surface area contributed by atoms with Crippen LogP contribution in [0.15, 0.2) is 22.7 Å². The van der Waals surface area contributed by atoms with Crippen molar-refractivity contribution >= 4 is 23.2 Å². The van der Waals surface area contributed by atoms with E-state index in [0.717, 1.165) is 0 Å². The van der Waals surface area contributed by atoms with Gasteiger partial charge in [0.1, 0.15) is 12.2 Å². The van der Waals surface area contributed by atoms with E-state index in [2.05, 4.69) is 15.5 Å². The summed E-state index contributed by atoms with van der Waals surface area (Å²) in [6, 6.07) is 4.98. The highest BCUT2D eigenvalue weighted by molar-refractivity contribution is 6.32. The number of aromatic nitrogens is 2. The Kier molecular flexibility index (Phi) is 4.01. The van der Waals surface area contributed by atoms with E-state index in [4.69, 9.17) is 20.9 Å². The molecule has 0 saturated heterocycles. The molecule has 0 aliphatic rings. The van der Waals surface area contributed by atoms with Crippen molar-refractivity contribution in [2.75, 3.05) is 12.4 Å². The third-order valence-corrected chi connectivity index (χ3v) is 2.61. The van der Waals surface area contributed by atoms with Crippen LogP contribution in [-0.4, -0.2) is 23.2 Å². The molecule has 1 N–H and O–H groups in total. The van der Waals surface area contributed by atoms with Crippen molar-refractivity contribution in [3.05, 3.63) is 34.9 Å². The highest BCUT2D eigenvalue weighted by atomic mass is 35.5. The average Bonchev–Trinajstić information content (AvgIpc) is 2.74. The molecule has 1 aromatic carbocycles. The number of halogens is 1. The van der Waals surface area contributed by atoms with Crippen molar-refractivity contribution in [2.24, 2.45) is 0 Å². The molecule has 0 saturated carbocycles. The third-order valence-electron chi connectivity index (χ3n) is 2.32. The number of aryl methyl sites for hydroxylation is 1. The normalized spacial score (nSPS) is 10.3. The van der Waals surface area contributed by atoms with Crippen LogP contribution in [0.3, 0.4) is 0 Å². The summed E-state index contributed by atoms with van der Waals surface area (Å²) in [5, 5.41) is 6.72. The molecule has 1 amide bonds. The minimum Gasteiger partial charge on any atom is -0.495 e. The monoisotopic (exact) mass is 281 g/mol. The van der Waals surface area contributed by atoms with E-state index < -0.39 is 0 Å². The van der Waals surface area contributed by atoms with Gasteiger partial charge < -0.3 is 14.6 Å². The SMILES string of the molecule is COc1ccc(NC(=O)Cc2nc(C)no2)cc1Cl. The van der Waals surface area contributed by atoms with Crippen LogP contribution in [0.2, 0.25) is 5.02 Å². The van der Waals surface area contributed by atoms with Crippen LogP contribution >= 0.6 is 11.6 Å². The van der Waals surface area contributed by atoms with Crippen LogP contribution in [0.25, 0.3) is 0 Å². The summed E-state index contributed by atoms with van der Waals surface area (Å²) in [5.74, 6) is 1.06. The maximum atomic E-state index is 11.7. The minimum atomic E-state index is -0.259. The highest BCUT2D eigenvalue weighted by Crippen LogP contribution is 2.27. The molecule has 0 aliphatic heterocycles. The van der Waals surface area contributed by atoms with Crippen molar-refractivity contribution in [1.82, 2.24) is 10.1 Å². The van der Waals surface area contributed by atoms with Crippen molar-refractivity contribution in [3.63, 3.8) is 0 Å². The predicted molar refractivity (Wildman–Crippen MR) is 69.4 cm³/mol. The molecule has 7 heteroatoms. The summed E-state index contributed by atoms with van der Waals surface area (Å²) < 4.78 is 9.89. The van der Waals surface area contributed by atoms with Gasteiger partial charge in [-0.1, -0.05) is 16.8 Å². The first kappa shape index (κ1) is 13.4. The Morgan fingerprint density at radius 1 is 1.53 bits per heavy atom. The predicted octanol–water partition coefficient (Wildman–Crippen LogP) is 2.22. The zero-order chi connectivity index (χ0) is 13.8. The van der Waals surface area contributed by atoms with E-state index in [-0.39, 0.29) is 18.2 Å². The zero-order valence-corrected chi connectivity index (χ0v) is 11.2. The number of nitrogens with zero attached hydrogens (tertiary/aromatic N) is 2. The van der Waals surface area contributed by atoms with Gasteiger partial charge in [-0.05, 0) is 25.1 Å². The third kappa shape index (κ3) is 3.45. The number of ether oxygens (including phenoxy) is 1. The number of methoxy groups -OCH3 is 1. The van der Waals surface area contributed by atoms with Crippen LogP contribution in [-0.2, 0) is 11.2 Å². The molecule has 0 radical (unpaired) electrons. The van der Waals surface area contributed by atoms with Crippen LogP contribution in [0.4, 0.5) is 5.69 Å². The van der Waals surface area contributed by atoms with Gasteiger partial charge in [-0.15, -0.1) is 0 Å². The summed E-state index contributed by atoms with van der Waals surface area (Å²) in [7, 11) is 1.53. The topological polar surface area (TPSA) is 77.2 Å². The van der Waals surface area contributed by atoms with E-state index >= 15 is 0 Å². The van der Waals surface area contributed by atoms with E-state index in [9.17, 15) is 4.79 Å². The molecule has 0 atom stereocenters. The van der Waals surface area contributed by atoms with Gasteiger partial charge in [-0.2, -0.15) is 4.98 Å². The minimum absolute atomic E-state index is 0.0183. The molecule has 2 rings (SSSR count). The number of hydrogen-bond donors (Lipinski definition) is 1. The Balaban J connectivity index is 2.00. The number of amides is 1. The van der Waals surface area contributed by atoms with E-state index in [1.807, 2.05) is 0 Å². The number of anilines is 1. The van der Waals surface area contributed by atoms with Gasteiger partial charge in [0.25, 0.3) is 0 Å².